The molecule has 0 fully saturated rings. The van der Waals surface area contributed by atoms with Gasteiger partial charge in [0.25, 0.3) is 0 Å². The van der Waals surface area contributed by atoms with Gasteiger partial charge in [0, 0.05) is 10.2 Å². The summed E-state index contributed by atoms with van der Waals surface area (Å²) in [7, 11) is 0. The Morgan fingerprint density at radius 2 is 1.80 bits per heavy atom. The van der Waals surface area contributed by atoms with Gasteiger partial charge in [0.15, 0.2) is 0 Å². The van der Waals surface area contributed by atoms with Gasteiger partial charge >= 0.3 is 12.3 Å². The first-order valence-electron chi connectivity index (χ1n) is 5.46. The molecule has 0 saturated carbocycles. The van der Waals surface area contributed by atoms with Crippen molar-refractivity contribution in [3.8, 4) is 0 Å². The Labute approximate surface area is 121 Å². The summed E-state index contributed by atoms with van der Waals surface area (Å²) in [6, 6.07) is 1.54. The topological polar surface area (TPSA) is 38.3 Å². The molecule has 8 heteroatoms. The van der Waals surface area contributed by atoms with Gasteiger partial charge < -0.3 is 4.74 Å². The zero-order chi connectivity index (χ0) is 15.7. The minimum atomic E-state index is -4.83. The van der Waals surface area contributed by atoms with E-state index in [4.69, 9.17) is 4.74 Å². The van der Waals surface area contributed by atoms with Crippen molar-refractivity contribution in [3.05, 3.63) is 28.0 Å². The Morgan fingerprint density at radius 1 is 1.25 bits per heavy atom. The monoisotopic (exact) mass is 357 g/mol. The average molecular weight is 358 g/mol. The fourth-order valence-corrected chi connectivity index (χ4v) is 2.00. The quantitative estimate of drug-likeness (QED) is 0.721. The number of nitrogens with one attached hydrogen (secondary N) is 1. The second kappa shape index (κ2) is 5.59. The molecule has 0 aliphatic rings. The summed E-state index contributed by atoms with van der Waals surface area (Å²) in [5.41, 5.74) is -2.34. The van der Waals surface area contributed by atoms with E-state index in [2.05, 4.69) is 21.2 Å². The molecule has 1 N–H and O–H groups in total. The number of carbonyl (C=O) groups is 1. The minimum Gasteiger partial charge on any atom is -0.444 e. The maximum absolute atomic E-state index is 13.5. The van der Waals surface area contributed by atoms with Gasteiger partial charge in [-0.2, -0.15) is 13.2 Å². The number of hydrogen-bond acceptors (Lipinski definition) is 2. The molecular formula is C12H12BrF4NO2. The van der Waals surface area contributed by atoms with Crippen LogP contribution in [0.25, 0.3) is 0 Å². The Bertz CT molecular complexity index is 500. The van der Waals surface area contributed by atoms with Gasteiger partial charge in [-0.1, -0.05) is 0 Å². The highest BCUT2D eigenvalue weighted by Gasteiger charge is 2.36. The molecule has 0 unspecified atom stereocenters. The zero-order valence-electron chi connectivity index (χ0n) is 10.9. The standard InChI is InChI=1S/C12H12BrF4NO2/c1-11(2,3)20-10(19)18-6-4-7(13)9(8(14)5-6)12(15,16)17/h4-5H,1-3H3,(H,18,19). The van der Waals surface area contributed by atoms with Crippen LogP contribution in [0, 0.1) is 5.82 Å². The van der Waals surface area contributed by atoms with Crippen LogP contribution >= 0.6 is 15.9 Å². The van der Waals surface area contributed by atoms with Crippen LogP contribution in [0.2, 0.25) is 0 Å². The molecule has 20 heavy (non-hydrogen) atoms. The summed E-state index contributed by atoms with van der Waals surface area (Å²) in [5, 5.41) is 2.16. The summed E-state index contributed by atoms with van der Waals surface area (Å²) in [4.78, 5) is 11.4. The highest BCUT2D eigenvalue weighted by molar-refractivity contribution is 9.10. The molecule has 112 valence electrons. The van der Waals surface area contributed by atoms with Gasteiger partial charge in [-0.15, -0.1) is 0 Å². The van der Waals surface area contributed by atoms with Crippen LogP contribution in [-0.2, 0) is 10.9 Å². The molecule has 3 nitrogen and oxygen atoms in total. The summed E-state index contributed by atoms with van der Waals surface area (Å²) in [6.45, 7) is 4.86. The van der Waals surface area contributed by atoms with E-state index in [-0.39, 0.29) is 5.69 Å². The van der Waals surface area contributed by atoms with Crippen molar-refractivity contribution >= 4 is 27.7 Å². The third-order valence-electron chi connectivity index (χ3n) is 1.97. The lowest BCUT2D eigenvalue weighted by Gasteiger charge is -2.20. The van der Waals surface area contributed by atoms with Crippen LogP contribution in [0.1, 0.15) is 26.3 Å². The normalized spacial score (nSPS) is 12.2. The van der Waals surface area contributed by atoms with Crippen LogP contribution < -0.4 is 5.32 Å². The van der Waals surface area contributed by atoms with Crippen LogP contribution in [0.15, 0.2) is 16.6 Å². The van der Waals surface area contributed by atoms with Crippen molar-refractivity contribution in [2.45, 2.75) is 32.5 Å². The second-order valence-corrected chi connectivity index (χ2v) is 5.79. The molecule has 1 aromatic rings. The zero-order valence-corrected chi connectivity index (χ0v) is 12.4. The molecule has 0 saturated heterocycles. The molecule has 1 aromatic carbocycles. The number of rotatable bonds is 1. The molecule has 1 amide bonds. The summed E-state index contributed by atoms with van der Waals surface area (Å²) in [6.07, 6.45) is -5.71. The number of carbonyl (C=O) groups excluding carboxylic acids is 1. The van der Waals surface area contributed by atoms with E-state index in [1.807, 2.05) is 0 Å². The van der Waals surface area contributed by atoms with Gasteiger partial charge in [-0.3, -0.25) is 5.32 Å². The Kier molecular flexibility index (Phi) is 4.68. The van der Waals surface area contributed by atoms with Crippen molar-refractivity contribution in [2.24, 2.45) is 0 Å². The van der Waals surface area contributed by atoms with Crippen LogP contribution in [0.3, 0.4) is 0 Å². The lowest BCUT2D eigenvalue weighted by Crippen LogP contribution is -2.27. The molecule has 0 spiro atoms. The van der Waals surface area contributed by atoms with E-state index in [0.29, 0.717) is 6.07 Å². The van der Waals surface area contributed by atoms with E-state index in [1.54, 1.807) is 20.8 Å². The maximum atomic E-state index is 13.5. The molecule has 1 rings (SSSR count). The highest BCUT2D eigenvalue weighted by Crippen LogP contribution is 2.38. The van der Waals surface area contributed by atoms with Crippen molar-refractivity contribution in [3.63, 3.8) is 0 Å². The fourth-order valence-electron chi connectivity index (χ4n) is 1.34. The summed E-state index contributed by atoms with van der Waals surface area (Å²) >= 11 is 2.63. The second-order valence-electron chi connectivity index (χ2n) is 4.94. The van der Waals surface area contributed by atoms with Crippen LogP contribution in [0.5, 0.6) is 0 Å². The van der Waals surface area contributed by atoms with Gasteiger partial charge in [0.2, 0.25) is 0 Å². The van der Waals surface area contributed by atoms with Crippen molar-refractivity contribution in [1.29, 1.82) is 0 Å². The summed E-state index contributed by atoms with van der Waals surface area (Å²) in [5.74, 6) is -1.49. The number of alkyl halides is 3. The lowest BCUT2D eigenvalue weighted by molar-refractivity contribution is -0.140. The molecule has 0 aliphatic carbocycles. The largest absolute Gasteiger partial charge is 0.444 e. The number of benzene rings is 1. The van der Waals surface area contributed by atoms with Crippen LogP contribution in [0.4, 0.5) is 28.0 Å². The third kappa shape index (κ3) is 4.66. The molecule has 0 aromatic heterocycles. The first-order valence-corrected chi connectivity index (χ1v) is 6.25. The SMILES string of the molecule is CC(C)(C)OC(=O)Nc1cc(F)c(C(F)(F)F)c(Br)c1. The Balaban J connectivity index is 2.98. The predicted molar refractivity (Wildman–Crippen MR) is 69.0 cm³/mol. The van der Waals surface area contributed by atoms with Gasteiger partial charge in [0.05, 0.1) is 0 Å². The van der Waals surface area contributed by atoms with E-state index in [0.717, 1.165) is 6.07 Å². The molecule has 0 heterocycles. The summed E-state index contributed by atoms with van der Waals surface area (Å²) < 4.78 is 55.5. The van der Waals surface area contributed by atoms with E-state index in [9.17, 15) is 22.4 Å². The third-order valence-corrected chi connectivity index (χ3v) is 2.60. The average Bonchev–Trinajstić information content (AvgIpc) is 2.08. The van der Waals surface area contributed by atoms with E-state index in [1.165, 1.54) is 0 Å². The maximum Gasteiger partial charge on any atom is 0.420 e. The van der Waals surface area contributed by atoms with Gasteiger partial charge in [0.1, 0.15) is 17.0 Å². The van der Waals surface area contributed by atoms with Crippen molar-refractivity contribution < 1.29 is 27.1 Å². The smallest absolute Gasteiger partial charge is 0.420 e. The lowest BCUT2D eigenvalue weighted by atomic mass is 10.2. The Morgan fingerprint density at radius 3 is 2.20 bits per heavy atom. The Hall–Kier alpha value is -1.31. The number of ether oxygens (including phenoxy) is 1. The number of anilines is 1. The highest BCUT2D eigenvalue weighted by atomic mass is 79.9. The number of amides is 1. The van der Waals surface area contributed by atoms with Crippen molar-refractivity contribution in [1.82, 2.24) is 0 Å². The fraction of sp³-hybridized carbons (Fsp3) is 0.417. The van der Waals surface area contributed by atoms with Gasteiger partial charge in [-0.05, 0) is 48.8 Å². The first-order chi connectivity index (χ1) is 8.90. The van der Waals surface area contributed by atoms with Crippen LogP contribution in [-0.4, -0.2) is 11.7 Å². The number of halogens is 5. The molecule has 0 aliphatic heterocycles. The molecular weight excluding hydrogens is 346 g/mol. The molecule has 0 bridgehead atoms. The van der Waals surface area contributed by atoms with Crippen molar-refractivity contribution in [2.75, 3.05) is 5.32 Å². The molecule has 0 radical (unpaired) electrons. The predicted octanol–water partition coefficient (Wildman–Crippen LogP) is 4.95. The van der Waals surface area contributed by atoms with Gasteiger partial charge in [-0.25, -0.2) is 9.18 Å². The number of hydrogen-bond donors (Lipinski definition) is 1. The molecule has 0 atom stereocenters. The minimum absolute atomic E-state index is 0.142. The van der Waals surface area contributed by atoms with E-state index >= 15 is 0 Å². The van der Waals surface area contributed by atoms with E-state index < -0.39 is 33.7 Å². The first kappa shape index (κ1) is 16.7.